The molecule has 2 aromatic carbocycles. The summed E-state index contributed by atoms with van der Waals surface area (Å²) in [7, 11) is 2.14. The summed E-state index contributed by atoms with van der Waals surface area (Å²) < 4.78 is 6.03. The largest absolute Gasteiger partial charge is 0.490 e. The number of amides is 1. The number of halogens is 1. The molecule has 1 N–H and O–H groups in total. The fourth-order valence-electron chi connectivity index (χ4n) is 3.04. The van der Waals surface area contributed by atoms with Crippen molar-refractivity contribution in [2.45, 2.75) is 31.8 Å². The van der Waals surface area contributed by atoms with Crippen molar-refractivity contribution in [2.24, 2.45) is 0 Å². The van der Waals surface area contributed by atoms with Gasteiger partial charge >= 0.3 is 0 Å². The molecule has 0 saturated carbocycles. The van der Waals surface area contributed by atoms with E-state index >= 15 is 0 Å². The molecule has 0 spiro atoms. The van der Waals surface area contributed by atoms with Crippen LogP contribution in [0.5, 0.6) is 5.75 Å². The number of hydrogen-bond acceptors (Lipinski definition) is 3. The Labute approximate surface area is 160 Å². The summed E-state index contributed by atoms with van der Waals surface area (Å²) >= 11 is 5.87. The van der Waals surface area contributed by atoms with E-state index in [9.17, 15) is 4.79 Å². The van der Waals surface area contributed by atoms with Gasteiger partial charge in [-0.05, 0) is 68.3 Å². The molecule has 1 heterocycles. The molecule has 1 saturated heterocycles. The fourth-order valence-corrected chi connectivity index (χ4v) is 3.17. The molecule has 1 aliphatic rings. The minimum absolute atomic E-state index is 0.00364. The van der Waals surface area contributed by atoms with E-state index in [1.54, 1.807) is 0 Å². The molecule has 1 aliphatic heterocycles. The summed E-state index contributed by atoms with van der Waals surface area (Å²) in [4.78, 5) is 14.4. The number of carbonyl (C=O) groups excluding carboxylic acids is 1. The van der Waals surface area contributed by atoms with Gasteiger partial charge < -0.3 is 15.0 Å². The number of hydrogen-bond donors (Lipinski definition) is 1. The summed E-state index contributed by atoms with van der Waals surface area (Å²) in [5.74, 6) is 0.864. The third-order valence-corrected chi connectivity index (χ3v) is 4.91. The van der Waals surface area contributed by atoms with Gasteiger partial charge in [-0.2, -0.15) is 0 Å². The zero-order valence-electron chi connectivity index (χ0n) is 15.1. The molecule has 3 rings (SSSR count). The van der Waals surface area contributed by atoms with Crippen molar-refractivity contribution in [3.05, 3.63) is 59.1 Å². The van der Waals surface area contributed by atoms with Gasteiger partial charge in [-0.1, -0.05) is 23.7 Å². The first kappa shape index (κ1) is 18.7. The number of benzene rings is 2. The van der Waals surface area contributed by atoms with Gasteiger partial charge in [-0.25, -0.2) is 0 Å². The fraction of sp³-hybridized carbons (Fsp3) is 0.381. The van der Waals surface area contributed by atoms with Crippen LogP contribution in [-0.2, 0) is 11.2 Å². The standard InChI is InChI=1S/C21H25ClN2O2/c1-24-14-12-20(13-15-24)26-19-9-7-18(8-10-19)23-21(25)11-4-16-2-5-17(22)6-3-16/h2-3,5-10,20H,4,11-15H2,1H3,(H,23,25). The van der Waals surface area contributed by atoms with E-state index in [4.69, 9.17) is 16.3 Å². The Morgan fingerprint density at radius 2 is 1.77 bits per heavy atom. The second-order valence-corrected chi connectivity index (χ2v) is 7.26. The van der Waals surface area contributed by atoms with Gasteiger partial charge in [0, 0.05) is 30.2 Å². The van der Waals surface area contributed by atoms with E-state index in [0.717, 1.165) is 42.9 Å². The first-order valence-electron chi connectivity index (χ1n) is 9.08. The summed E-state index contributed by atoms with van der Waals surface area (Å²) in [6.07, 6.45) is 3.53. The van der Waals surface area contributed by atoms with Gasteiger partial charge in [0.25, 0.3) is 0 Å². The summed E-state index contributed by atoms with van der Waals surface area (Å²) in [6, 6.07) is 15.2. The predicted molar refractivity (Wildman–Crippen MR) is 106 cm³/mol. The molecular formula is C21H25ClN2O2. The molecule has 2 aromatic rings. The second kappa shape index (κ2) is 9.06. The van der Waals surface area contributed by atoms with Gasteiger partial charge in [0.05, 0.1) is 0 Å². The number of anilines is 1. The maximum atomic E-state index is 12.1. The number of nitrogens with one attached hydrogen (secondary N) is 1. The lowest BCUT2D eigenvalue weighted by Gasteiger charge is -2.29. The van der Waals surface area contributed by atoms with Crippen LogP contribution in [0.15, 0.2) is 48.5 Å². The average molecular weight is 373 g/mol. The third-order valence-electron chi connectivity index (χ3n) is 4.66. The zero-order valence-corrected chi connectivity index (χ0v) is 15.8. The van der Waals surface area contributed by atoms with Crippen LogP contribution in [0.1, 0.15) is 24.8 Å². The second-order valence-electron chi connectivity index (χ2n) is 6.82. The van der Waals surface area contributed by atoms with Crippen LogP contribution in [0.4, 0.5) is 5.69 Å². The molecule has 0 radical (unpaired) electrons. The number of carbonyl (C=O) groups is 1. The molecule has 0 aromatic heterocycles. The van der Waals surface area contributed by atoms with Crippen molar-refractivity contribution in [2.75, 3.05) is 25.5 Å². The highest BCUT2D eigenvalue weighted by atomic mass is 35.5. The minimum atomic E-state index is 0.00364. The Balaban J connectivity index is 1.44. The van der Waals surface area contributed by atoms with Gasteiger partial charge in [0.15, 0.2) is 0 Å². The topological polar surface area (TPSA) is 41.6 Å². The molecule has 4 nitrogen and oxygen atoms in total. The lowest BCUT2D eigenvalue weighted by atomic mass is 10.1. The molecular weight excluding hydrogens is 348 g/mol. The minimum Gasteiger partial charge on any atom is -0.490 e. The lowest BCUT2D eigenvalue weighted by molar-refractivity contribution is -0.116. The molecule has 0 unspecified atom stereocenters. The van der Waals surface area contributed by atoms with Crippen LogP contribution in [0.2, 0.25) is 5.02 Å². The monoisotopic (exact) mass is 372 g/mol. The van der Waals surface area contributed by atoms with Gasteiger partial charge in [-0.3, -0.25) is 4.79 Å². The first-order valence-corrected chi connectivity index (χ1v) is 9.46. The molecule has 0 bridgehead atoms. The molecule has 1 fully saturated rings. The normalized spacial score (nSPS) is 15.6. The zero-order chi connectivity index (χ0) is 18.4. The van der Waals surface area contributed by atoms with E-state index < -0.39 is 0 Å². The molecule has 0 aliphatic carbocycles. The Morgan fingerprint density at radius 3 is 2.42 bits per heavy atom. The van der Waals surface area contributed by atoms with Crippen molar-refractivity contribution >= 4 is 23.2 Å². The Hall–Kier alpha value is -2.04. The van der Waals surface area contributed by atoms with E-state index in [-0.39, 0.29) is 12.0 Å². The van der Waals surface area contributed by atoms with Crippen LogP contribution in [0.25, 0.3) is 0 Å². The molecule has 138 valence electrons. The van der Waals surface area contributed by atoms with Gasteiger partial charge in [0.2, 0.25) is 5.91 Å². The number of nitrogens with zero attached hydrogens (tertiary/aromatic N) is 1. The SMILES string of the molecule is CN1CCC(Oc2ccc(NC(=O)CCc3ccc(Cl)cc3)cc2)CC1. The van der Waals surface area contributed by atoms with Crippen LogP contribution >= 0.6 is 11.6 Å². The summed E-state index contributed by atoms with van der Waals surface area (Å²) in [6.45, 7) is 2.15. The van der Waals surface area contributed by atoms with Crippen molar-refractivity contribution in [1.82, 2.24) is 4.90 Å². The molecule has 5 heteroatoms. The number of rotatable bonds is 6. The highest BCUT2D eigenvalue weighted by molar-refractivity contribution is 6.30. The Kier molecular flexibility index (Phi) is 6.53. The highest BCUT2D eigenvalue weighted by Gasteiger charge is 2.17. The van der Waals surface area contributed by atoms with Gasteiger partial charge in [-0.15, -0.1) is 0 Å². The molecule has 1 amide bonds. The molecule has 26 heavy (non-hydrogen) atoms. The maximum absolute atomic E-state index is 12.1. The number of piperidine rings is 1. The quantitative estimate of drug-likeness (QED) is 0.817. The maximum Gasteiger partial charge on any atom is 0.224 e. The number of ether oxygens (including phenoxy) is 1. The summed E-state index contributed by atoms with van der Waals surface area (Å²) in [5, 5.41) is 3.64. The van der Waals surface area contributed by atoms with Crippen molar-refractivity contribution < 1.29 is 9.53 Å². The van der Waals surface area contributed by atoms with Crippen LogP contribution in [-0.4, -0.2) is 37.0 Å². The lowest BCUT2D eigenvalue weighted by Crippen LogP contribution is -2.35. The van der Waals surface area contributed by atoms with Gasteiger partial charge in [0.1, 0.15) is 11.9 Å². The highest BCUT2D eigenvalue weighted by Crippen LogP contribution is 2.21. The number of likely N-dealkylation sites (tertiary alicyclic amines) is 1. The average Bonchev–Trinajstić information content (AvgIpc) is 2.65. The first-order chi connectivity index (χ1) is 12.6. The van der Waals surface area contributed by atoms with Crippen molar-refractivity contribution in [3.8, 4) is 5.75 Å². The van der Waals surface area contributed by atoms with Crippen LogP contribution in [0, 0.1) is 0 Å². The Morgan fingerprint density at radius 1 is 1.12 bits per heavy atom. The van der Waals surface area contributed by atoms with E-state index in [0.29, 0.717) is 17.9 Å². The van der Waals surface area contributed by atoms with E-state index in [2.05, 4.69) is 17.3 Å². The van der Waals surface area contributed by atoms with Crippen LogP contribution < -0.4 is 10.1 Å². The predicted octanol–water partition coefficient (Wildman–Crippen LogP) is 4.38. The Bertz CT molecular complexity index is 708. The third kappa shape index (κ3) is 5.75. The van der Waals surface area contributed by atoms with E-state index in [1.807, 2.05) is 48.5 Å². The number of aryl methyl sites for hydroxylation is 1. The summed E-state index contributed by atoms with van der Waals surface area (Å²) in [5.41, 5.74) is 1.90. The molecule has 0 atom stereocenters. The van der Waals surface area contributed by atoms with Crippen molar-refractivity contribution in [3.63, 3.8) is 0 Å². The van der Waals surface area contributed by atoms with Crippen LogP contribution in [0.3, 0.4) is 0 Å². The van der Waals surface area contributed by atoms with Crippen molar-refractivity contribution in [1.29, 1.82) is 0 Å². The smallest absolute Gasteiger partial charge is 0.224 e. The van der Waals surface area contributed by atoms with E-state index in [1.165, 1.54) is 0 Å².